The van der Waals surface area contributed by atoms with Crippen LogP contribution in [0.4, 0.5) is 0 Å². The Labute approximate surface area is 350 Å². The molecule has 60 heavy (non-hydrogen) atoms. The van der Waals surface area contributed by atoms with Gasteiger partial charge in [0.15, 0.2) is 5.84 Å². The summed E-state index contributed by atoms with van der Waals surface area (Å²) in [5.74, 6) is 1.53. The van der Waals surface area contributed by atoms with E-state index < -0.39 is 0 Å². The predicted octanol–water partition coefficient (Wildman–Crippen LogP) is 13.4. The van der Waals surface area contributed by atoms with Crippen LogP contribution < -0.4 is 5.32 Å². The highest BCUT2D eigenvalue weighted by Crippen LogP contribution is 2.53. The van der Waals surface area contributed by atoms with Gasteiger partial charge in [-0.25, -0.2) is 9.98 Å². The molecule has 9 aromatic rings. The van der Waals surface area contributed by atoms with E-state index in [1.54, 1.807) is 0 Å². The average Bonchev–Trinajstić information content (AvgIpc) is 3.63. The average molecular weight is 771 g/mol. The van der Waals surface area contributed by atoms with Crippen LogP contribution in [0.5, 0.6) is 0 Å². The second-order valence-electron chi connectivity index (χ2n) is 16.2. The van der Waals surface area contributed by atoms with E-state index in [1.165, 1.54) is 55.5 Å². The van der Waals surface area contributed by atoms with Gasteiger partial charge in [0.1, 0.15) is 12.0 Å². The maximum absolute atomic E-state index is 5.15. The van der Waals surface area contributed by atoms with Gasteiger partial charge in [0, 0.05) is 38.7 Å². The van der Waals surface area contributed by atoms with Gasteiger partial charge in [0.25, 0.3) is 0 Å². The second-order valence-corrected chi connectivity index (χ2v) is 16.2. The number of hydrogen-bond donors (Lipinski definition) is 1. The van der Waals surface area contributed by atoms with Crippen LogP contribution in [0.2, 0.25) is 0 Å². The van der Waals surface area contributed by atoms with E-state index in [1.807, 2.05) is 36.4 Å². The van der Waals surface area contributed by atoms with Gasteiger partial charge in [-0.2, -0.15) is 0 Å². The van der Waals surface area contributed by atoms with Gasteiger partial charge in [0.2, 0.25) is 0 Å². The van der Waals surface area contributed by atoms with Gasteiger partial charge in [-0.1, -0.05) is 184 Å². The zero-order chi connectivity index (χ0) is 40.2. The van der Waals surface area contributed by atoms with Crippen LogP contribution in [0.25, 0.3) is 61.2 Å². The zero-order valence-electron chi connectivity index (χ0n) is 33.5. The zero-order valence-corrected chi connectivity index (χ0v) is 33.5. The molecule has 0 saturated heterocycles. The summed E-state index contributed by atoms with van der Waals surface area (Å²) in [6, 6.07) is 74.0. The number of benzene rings is 8. The summed E-state index contributed by atoms with van der Waals surface area (Å²) in [5, 5.41) is 4.88. The molecule has 1 unspecified atom stereocenters. The smallest absolute Gasteiger partial charge is 0.159 e. The van der Waals surface area contributed by atoms with Crippen LogP contribution in [-0.4, -0.2) is 16.2 Å². The number of nitrogens with zero attached hydrogens (tertiary/aromatic N) is 3. The monoisotopic (exact) mass is 770 g/mol. The van der Waals surface area contributed by atoms with Gasteiger partial charge in [-0.15, -0.1) is 0 Å². The van der Waals surface area contributed by atoms with Crippen LogP contribution in [0.1, 0.15) is 47.8 Å². The van der Waals surface area contributed by atoms with Crippen molar-refractivity contribution in [1.29, 1.82) is 0 Å². The Morgan fingerprint density at radius 3 is 1.75 bits per heavy atom. The van der Waals surface area contributed by atoms with Crippen molar-refractivity contribution in [2.45, 2.75) is 25.4 Å². The second kappa shape index (κ2) is 14.4. The number of nitrogens with one attached hydrogen (secondary N) is 1. The molecule has 0 saturated carbocycles. The molecule has 8 aromatic carbocycles. The highest BCUT2D eigenvalue weighted by atomic mass is 15.2. The lowest BCUT2D eigenvalue weighted by Crippen LogP contribution is -2.33. The van der Waals surface area contributed by atoms with Crippen LogP contribution >= 0.6 is 0 Å². The molecular weight excluding hydrogens is 729 g/mol. The minimum atomic E-state index is -0.305. The van der Waals surface area contributed by atoms with Crippen LogP contribution in [0.3, 0.4) is 0 Å². The Morgan fingerprint density at radius 2 is 1.03 bits per heavy atom. The molecule has 4 heteroatoms. The molecule has 1 aromatic heterocycles. The van der Waals surface area contributed by atoms with E-state index >= 15 is 0 Å². The Balaban J connectivity index is 1.03. The lowest BCUT2D eigenvalue weighted by atomic mass is 9.75. The Bertz CT molecular complexity index is 3140. The predicted molar refractivity (Wildman–Crippen MR) is 249 cm³/mol. The molecule has 0 spiro atoms. The first kappa shape index (κ1) is 35.6. The first-order valence-electron chi connectivity index (χ1n) is 20.7. The van der Waals surface area contributed by atoms with Crippen molar-refractivity contribution >= 4 is 22.6 Å². The Morgan fingerprint density at radius 1 is 0.483 bits per heavy atom. The molecule has 1 N–H and O–H groups in total. The topological polar surface area (TPSA) is 41.7 Å². The number of amidine groups is 2. The van der Waals surface area contributed by atoms with E-state index in [0.29, 0.717) is 0 Å². The summed E-state index contributed by atoms with van der Waals surface area (Å²) in [4.78, 5) is 10.1. The van der Waals surface area contributed by atoms with Crippen molar-refractivity contribution in [2.75, 3.05) is 0 Å². The van der Waals surface area contributed by atoms with Gasteiger partial charge in [0.05, 0.1) is 11.2 Å². The third-order valence-electron chi connectivity index (χ3n) is 12.3. The van der Waals surface area contributed by atoms with Gasteiger partial charge in [-0.05, 0) is 80.9 Å². The highest BCUT2D eigenvalue weighted by Gasteiger charge is 2.36. The molecule has 2 heterocycles. The van der Waals surface area contributed by atoms with Crippen molar-refractivity contribution in [3.8, 4) is 50.3 Å². The summed E-state index contributed by atoms with van der Waals surface area (Å²) >= 11 is 0. The summed E-state index contributed by atoms with van der Waals surface area (Å²) in [6.07, 6.45) is -0.305. The van der Waals surface area contributed by atoms with Crippen molar-refractivity contribution < 1.29 is 0 Å². The maximum Gasteiger partial charge on any atom is 0.159 e. The fraction of sp³-hybridized carbons (Fsp3) is 0.0714. The standard InChI is InChI=1S/C56H42N4/c1-56(2)48-30-14-12-28-45(48)51-47-36-42(32-33-50(47)60(44-26-10-5-11-27-44)52(51)46-29-13-15-31-49(46)56)40-23-16-22-39(34-40)41-24-17-25-43(35-41)55-58-53(37-18-6-3-7-19-37)57-54(59-55)38-20-8-4-9-21-38/h3-36,55H,1-2H3,(H,57,58,59). The number of para-hydroxylation sites is 1. The lowest BCUT2D eigenvalue weighted by molar-refractivity contribution is 0.646. The summed E-state index contributed by atoms with van der Waals surface area (Å²) in [6.45, 7) is 4.73. The molecule has 1 aliphatic heterocycles. The largest absolute Gasteiger partial charge is 0.344 e. The summed E-state index contributed by atoms with van der Waals surface area (Å²) in [7, 11) is 0. The quantitative estimate of drug-likeness (QED) is 0.180. The number of hydrogen-bond acceptors (Lipinski definition) is 3. The van der Waals surface area contributed by atoms with E-state index in [4.69, 9.17) is 9.98 Å². The van der Waals surface area contributed by atoms with E-state index in [2.05, 4.69) is 194 Å². The first-order chi connectivity index (χ1) is 29.5. The van der Waals surface area contributed by atoms with Crippen molar-refractivity contribution in [1.82, 2.24) is 9.88 Å². The molecule has 286 valence electrons. The van der Waals surface area contributed by atoms with E-state index in [-0.39, 0.29) is 11.6 Å². The van der Waals surface area contributed by atoms with E-state index in [0.717, 1.165) is 45.2 Å². The molecule has 1 aliphatic carbocycles. The minimum absolute atomic E-state index is 0.196. The third kappa shape index (κ3) is 5.99. The molecule has 11 rings (SSSR count). The highest BCUT2D eigenvalue weighted by molar-refractivity contribution is 6.13. The Hall–Kier alpha value is -7.56. The van der Waals surface area contributed by atoms with Crippen LogP contribution in [-0.2, 0) is 5.41 Å². The fourth-order valence-electron chi connectivity index (χ4n) is 9.32. The SMILES string of the molecule is CC1(C)c2ccccc2-c2c(n(-c3ccccc3)c3ccc(-c4cccc(-c5cccc(C6N=C(c7ccccc7)N=C(c7ccccc7)N6)c5)c4)cc23)-c2ccccc21. The van der Waals surface area contributed by atoms with Crippen LogP contribution in [0, 0.1) is 0 Å². The number of fused-ring (bicyclic) bond motifs is 7. The summed E-state index contributed by atoms with van der Waals surface area (Å²) in [5.41, 5.74) is 17.6. The number of aliphatic imine (C=N–C) groups is 2. The first-order valence-corrected chi connectivity index (χ1v) is 20.7. The van der Waals surface area contributed by atoms with Crippen molar-refractivity contribution in [2.24, 2.45) is 9.98 Å². The third-order valence-corrected chi connectivity index (χ3v) is 12.3. The van der Waals surface area contributed by atoms with Gasteiger partial charge < -0.3 is 9.88 Å². The molecule has 0 amide bonds. The molecule has 0 fully saturated rings. The molecule has 2 aliphatic rings. The molecule has 4 nitrogen and oxygen atoms in total. The molecular formula is C56H42N4. The fourth-order valence-corrected chi connectivity index (χ4v) is 9.32. The molecule has 0 radical (unpaired) electrons. The molecule has 0 bridgehead atoms. The molecule has 1 atom stereocenters. The Kier molecular flexibility index (Phi) is 8.52. The maximum atomic E-state index is 5.15. The number of aromatic nitrogens is 1. The van der Waals surface area contributed by atoms with E-state index in [9.17, 15) is 0 Å². The lowest BCUT2D eigenvalue weighted by Gasteiger charge is -2.28. The van der Waals surface area contributed by atoms with Crippen molar-refractivity contribution in [3.05, 3.63) is 234 Å². The van der Waals surface area contributed by atoms with Crippen LogP contribution in [0.15, 0.2) is 216 Å². The minimum Gasteiger partial charge on any atom is -0.344 e. The summed E-state index contributed by atoms with van der Waals surface area (Å²) < 4.78 is 2.48. The normalized spacial score (nSPS) is 15.1. The van der Waals surface area contributed by atoms with Crippen molar-refractivity contribution in [3.63, 3.8) is 0 Å². The number of rotatable bonds is 6. The van der Waals surface area contributed by atoms with Gasteiger partial charge >= 0.3 is 0 Å². The van der Waals surface area contributed by atoms with Gasteiger partial charge in [-0.3, -0.25) is 0 Å².